The molecule has 8 heteroatoms. The van der Waals surface area contributed by atoms with E-state index in [1.807, 2.05) is 0 Å². The van der Waals surface area contributed by atoms with Crippen LogP contribution in [0.15, 0.2) is 58.3 Å². The fraction of sp³-hybridized carbons (Fsp3) is 0.278. The molecular formula is C18H21FN2O3S2. The second-order valence-corrected chi connectivity index (χ2v) is 8.38. The van der Waals surface area contributed by atoms with Gasteiger partial charge in [-0.25, -0.2) is 17.5 Å². The van der Waals surface area contributed by atoms with E-state index in [0.29, 0.717) is 12.1 Å². The van der Waals surface area contributed by atoms with Crippen LogP contribution in [-0.2, 0) is 10.0 Å². The zero-order chi connectivity index (χ0) is 19.0. The van der Waals surface area contributed by atoms with Gasteiger partial charge in [-0.05, 0) is 54.6 Å². The number of benzene rings is 2. The number of hydrogen-bond donors (Lipinski definition) is 2. The number of nitrogens with one attached hydrogen (secondary N) is 2. The molecule has 2 aromatic carbocycles. The maximum Gasteiger partial charge on any atom is 0.251 e. The van der Waals surface area contributed by atoms with E-state index >= 15 is 0 Å². The highest BCUT2D eigenvalue weighted by Crippen LogP contribution is 2.18. The summed E-state index contributed by atoms with van der Waals surface area (Å²) in [4.78, 5) is 13.2. The average Bonchev–Trinajstić information content (AvgIpc) is 2.63. The molecule has 0 aromatic heterocycles. The summed E-state index contributed by atoms with van der Waals surface area (Å²) in [5.74, 6) is 0.200. The maximum atomic E-state index is 12.8. The Labute approximate surface area is 157 Å². The van der Waals surface area contributed by atoms with Crippen LogP contribution in [0, 0.1) is 5.82 Å². The Kier molecular flexibility index (Phi) is 7.62. The standard InChI is InChI=1S/C18H21FN2O3S2/c1-2-21-26(23,24)17-6-3-5-14(13-17)18(22)20-11-4-12-25-16-9-7-15(19)8-10-16/h3,5-10,13,21H,2,4,11-12H2,1H3,(H,20,22). The largest absolute Gasteiger partial charge is 0.352 e. The lowest BCUT2D eigenvalue weighted by Gasteiger charge is -2.08. The van der Waals surface area contributed by atoms with Crippen molar-refractivity contribution in [2.24, 2.45) is 0 Å². The zero-order valence-electron chi connectivity index (χ0n) is 14.4. The van der Waals surface area contributed by atoms with E-state index in [0.717, 1.165) is 17.1 Å². The van der Waals surface area contributed by atoms with E-state index in [1.54, 1.807) is 43.0 Å². The first kappa shape index (κ1) is 20.4. The number of rotatable bonds is 9. The highest BCUT2D eigenvalue weighted by Gasteiger charge is 2.14. The van der Waals surface area contributed by atoms with Crippen LogP contribution in [0.4, 0.5) is 4.39 Å². The number of hydrogen-bond acceptors (Lipinski definition) is 4. The Bertz CT molecular complexity index is 840. The number of thioether (sulfide) groups is 1. The van der Waals surface area contributed by atoms with Crippen LogP contribution in [0.1, 0.15) is 23.7 Å². The van der Waals surface area contributed by atoms with Gasteiger partial charge in [-0.15, -0.1) is 11.8 Å². The van der Waals surface area contributed by atoms with E-state index in [2.05, 4.69) is 10.0 Å². The highest BCUT2D eigenvalue weighted by molar-refractivity contribution is 7.99. The van der Waals surface area contributed by atoms with Crippen LogP contribution >= 0.6 is 11.8 Å². The van der Waals surface area contributed by atoms with Gasteiger partial charge in [-0.1, -0.05) is 13.0 Å². The van der Waals surface area contributed by atoms with E-state index in [1.165, 1.54) is 24.3 Å². The van der Waals surface area contributed by atoms with Gasteiger partial charge >= 0.3 is 0 Å². The van der Waals surface area contributed by atoms with Crippen LogP contribution in [0.2, 0.25) is 0 Å². The molecule has 2 rings (SSSR count). The third kappa shape index (κ3) is 6.12. The van der Waals surface area contributed by atoms with Crippen LogP contribution in [0.3, 0.4) is 0 Å². The first-order valence-electron chi connectivity index (χ1n) is 8.18. The summed E-state index contributed by atoms with van der Waals surface area (Å²) in [6, 6.07) is 12.2. The fourth-order valence-electron chi connectivity index (χ4n) is 2.17. The first-order chi connectivity index (χ1) is 12.4. The maximum absolute atomic E-state index is 12.8. The molecule has 140 valence electrons. The van der Waals surface area contributed by atoms with Gasteiger partial charge in [-0.2, -0.15) is 0 Å². The Morgan fingerprint density at radius 2 is 1.88 bits per heavy atom. The number of carbonyl (C=O) groups excluding carboxylic acids is 1. The molecule has 0 aliphatic rings. The zero-order valence-corrected chi connectivity index (χ0v) is 16.0. The molecule has 2 aromatic rings. The van der Waals surface area contributed by atoms with Crippen LogP contribution in [-0.4, -0.2) is 33.2 Å². The van der Waals surface area contributed by atoms with Crippen LogP contribution < -0.4 is 10.0 Å². The lowest BCUT2D eigenvalue weighted by atomic mass is 10.2. The second-order valence-electron chi connectivity index (χ2n) is 5.44. The molecule has 0 heterocycles. The Hall–Kier alpha value is -1.90. The Morgan fingerprint density at radius 3 is 2.58 bits per heavy atom. The van der Waals surface area contributed by atoms with Gasteiger partial charge in [-0.3, -0.25) is 4.79 Å². The normalized spacial score (nSPS) is 11.3. The van der Waals surface area contributed by atoms with E-state index < -0.39 is 10.0 Å². The van der Waals surface area contributed by atoms with Crippen molar-refractivity contribution in [1.29, 1.82) is 0 Å². The van der Waals surface area contributed by atoms with Gasteiger partial charge < -0.3 is 5.32 Å². The van der Waals surface area contributed by atoms with Gasteiger partial charge in [0.25, 0.3) is 5.91 Å². The topological polar surface area (TPSA) is 75.3 Å². The molecule has 0 saturated carbocycles. The minimum absolute atomic E-state index is 0.0684. The van der Waals surface area contributed by atoms with Crippen LogP contribution in [0.25, 0.3) is 0 Å². The van der Waals surface area contributed by atoms with Gasteiger partial charge in [0, 0.05) is 23.5 Å². The SMILES string of the molecule is CCNS(=O)(=O)c1cccc(C(=O)NCCCSc2ccc(F)cc2)c1. The summed E-state index contributed by atoms with van der Waals surface area (Å²) >= 11 is 1.58. The molecule has 5 nitrogen and oxygen atoms in total. The Balaban J connectivity index is 1.81. The minimum atomic E-state index is -3.59. The monoisotopic (exact) mass is 396 g/mol. The van der Waals surface area contributed by atoms with Crippen molar-refractivity contribution < 1.29 is 17.6 Å². The number of halogens is 1. The molecule has 0 spiro atoms. The van der Waals surface area contributed by atoms with Crippen molar-refractivity contribution in [3.63, 3.8) is 0 Å². The molecule has 0 aliphatic heterocycles. The molecule has 2 N–H and O–H groups in total. The lowest BCUT2D eigenvalue weighted by molar-refractivity contribution is 0.0953. The Morgan fingerprint density at radius 1 is 1.15 bits per heavy atom. The fourth-order valence-corrected chi connectivity index (χ4v) is 4.11. The molecule has 26 heavy (non-hydrogen) atoms. The summed E-state index contributed by atoms with van der Waals surface area (Å²) in [5.41, 5.74) is 0.301. The van der Waals surface area contributed by atoms with Gasteiger partial charge in [0.2, 0.25) is 10.0 Å². The minimum Gasteiger partial charge on any atom is -0.352 e. The molecule has 0 aliphatic carbocycles. The summed E-state index contributed by atoms with van der Waals surface area (Å²) < 4.78 is 39.2. The molecule has 0 fully saturated rings. The van der Waals surface area contributed by atoms with Gasteiger partial charge in [0.05, 0.1) is 4.90 Å². The van der Waals surface area contributed by atoms with Crippen molar-refractivity contribution in [2.45, 2.75) is 23.1 Å². The molecule has 0 atom stereocenters. The highest BCUT2D eigenvalue weighted by atomic mass is 32.2. The van der Waals surface area contributed by atoms with Gasteiger partial charge in [0.1, 0.15) is 5.82 Å². The van der Waals surface area contributed by atoms with E-state index in [4.69, 9.17) is 0 Å². The number of amides is 1. The molecule has 1 amide bonds. The number of carbonyl (C=O) groups is 1. The van der Waals surface area contributed by atoms with Crippen molar-refractivity contribution in [3.05, 3.63) is 59.9 Å². The molecule has 0 saturated heterocycles. The van der Waals surface area contributed by atoms with Crippen molar-refractivity contribution >= 4 is 27.7 Å². The predicted octanol–water partition coefficient (Wildman–Crippen LogP) is 3.04. The summed E-state index contributed by atoms with van der Waals surface area (Å²) in [5, 5.41) is 2.78. The van der Waals surface area contributed by atoms with Crippen LogP contribution in [0.5, 0.6) is 0 Å². The summed E-state index contributed by atoms with van der Waals surface area (Å²) in [7, 11) is -3.59. The molecular weight excluding hydrogens is 375 g/mol. The summed E-state index contributed by atoms with van der Waals surface area (Å²) in [6.07, 6.45) is 0.739. The van der Waals surface area contributed by atoms with Gasteiger partial charge in [0.15, 0.2) is 0 Å². The quantitative estimate of drug-likeness (QED) is 0.505. The second kappa shape index (κ2) is 9.70. The molecule has 0 radical (unpaired) electrons. The predicted molar refractivity (Wildman–Crippen MR) is 101 cm³/mol. The summed E-state index contributed by atoms with van der Waals surface area (Å²) in [6.45, 7) is 2.44. The lowest BCUT2D eigenvalue weighted by Crippen LogP contribution is -2.26. The number of sulfonamides is 1. The average molecular weight is 397 g/mol. The third-order valence-electron chi connectivity index (χ3n) is 3.43. The molecule has 0 bridgehead atoms. The van der Waals surface area contributed by atoms with Crippen molar-refractivity contribution in [2.75, 3.05) is 18.8 Å². The van der Waals surface area contributed by atoms with E-state index in [-0.39, 0.29) is 23.2 Å². The smallest absolute Gasteiger partial charge is 0.251 e. The van der Waals surface area contributed by atoms with E-state index in [9.17, 15) is 17.6 Å². The third-order valence-corrected chi connectivity index (χ3v) is 6.07. The van der Waals surface area contributed by atoms with Crippen molar-refractivity contribution in [3.8, 4) is 0 Å². The van der Waals surface area contributed by atoms with Crippen molar-refractivity contribution in [1.82, 2.24) is 10.0 Å². The molecule has 0 unspecified atom stereocenters. The first-order valence-corrected chi connectivity index (χ1v) is 10.7.